The first-order valence-electron chi connectivity index (χ1n) is 10.2. The van der Waals surface area contributed by atoms with Gasteiger partial charge >= 0.3 is 0 Å². The van der Waals surface area contributed by atoms with Crippen LogP contribution < -0.4 is 9.47 Å². The zero-order valence-corrected chi connectivity index (χ0v) is 17.9. The predicted molar refractivity (Wildman–Crippen MR) is 115 cm³/mol. The Balaban J connectivity index is 1.86. The van der Waals surface area contributed by atoms with Gasteiger partial charge in [0, 0.05) is 23.0 Å². The van der Waals surface area contributed by atoms with E-state index in [0.29, 0.717) is 29.5 Å². The molecule has 3 aromatic carbocycles. The van der Waals surface area contributed by atoms with E-state index in [2.05, 4.69) is 0 Å². The molecule has 0 spiro atoms. The van der Waals surface area contributed by atoms with E-state index in [4.69, 9.17) is 9.47 Å². The van der Waals surface area contributed by atoms with Crippen LogP contribution in [0.25, 0.3) is 0 Å². The third-order valence-corrected chi connectivity index (χ3v) is 5.89. The number of allylic oxidation sites excluding steroid dienone is 2. The van der Waals surface area contributed by atoms with Crippen molar-refractivity contribution in [3.05, 3.63) is 106 Å². The lowest BCUT2D eigenvalue weighted by atomic mass is 9.86. The molecule has 0 heterocycles. The Labute approximate surface area is 188 Å². The molecule has 4 rings (SSSR count). The van der Waals surface area contributed by atoms with Gasteiger partial charge in [0.25, 0.3) is 0 Å². The highest BCUT2D eigenvalue weighted by atomic mass is 19.2. The quantitative estimate of drug-likeness (QED) is 0.247. The average Bonchev–Trinajstić information content (AvgIpc) is 3.26. The minimum atomic E-state index is -1.54. The molecule has 0 saturated carbocycles. The molecular weight excluding hydrogens is 436 g/mol. The number of ether oxygens (including phenoxy) is 2. The SMILES string of the molecule is COc1cccc(C2CC(c3ccc(F)cc3)C=C2C(=O)c2c(F)ccc(F)c2F)c1OC. The highest BCUT2D eigenvalue weighted by Crippen LogP contribution is 2.49. The van der Waals surface area contributed by atoms with Crippen LogP contribution in [0.15, 0.2) is 66.2 Å². The van der Waals surface area contributed by atoms with Crippen molar-refractivity contribution >= 4 is 5.78 Å². The van der Waals surface area contributed by atoms with Gasteiger partial charge in [-0.3, -0.25) is 4.79 Å². The van der Waals surface area contributed by atoms with Gasteiger partial charge < -0.3 is 9.47 Å². The standard InChI is InChI=1S/C26H20F4O3/c1-32-22-5-3-4-17(26(22)33-2)18-12-15(14-6-8-16(27)9-7-14)13-19(18)25(31)23-20(28)10-11-21(29)24(23)30/h3-11,13,15,18H,12H2,1-2H3. The van der Waals surface area contributed by atoms with E-state index in [1.54, 1.807) is 36.4 Å². The minimum absolute atomic E-state index is 0.0966. The van der Waals surface area contributed by atoms with Crippen LogP contribution in [0.4, 0.5) is 17.6 Å². The smallest absolute Gasteiger partial charge is 0.195 e. The number of hydrogen-bond donors (Lipinski definition) is 0. The van der Waals surface area contributed by atoms with Gasteiger partial charge in [0.05, 0.1) is 19.8 Å². The maximum absolute atomic E-state index is 14.5. The van der Waals surface area contributed by atoms with Gasteiger partial charge in [0.2, 0.25) is 0 Å². The number of para-hydroxylation sites is 1. The van der Waals surface area contributed by atoms with Crippen molar-refractivity contribution in [2.45, 2.75) is 18.3 Å². The number of carbonyl (C=O) groups is 1. The lowest BCUT2D eigenvalue weighted by Gasteiger charge is -2.20. The molecule has 2 unspecified atom stereocenters. The third kappa shape index (κ3) is 4.11. The van der Waals surface area contributed by atoms with Crippen LogP contribution in [-0.2, 0) is 0 Å². The maximum Gasteiger partial charge on any atom is 0.195 e. The van der Waals surface area contributed by atoms with E-state index in [1.807, 2.05) is 0 Å². The Bertz CT molecular complexity index is 1240. The lowest BCUT2D eigenvalue weighted by molar-refractivity contribution is 0.102. The van der Waals surface area contributed by atoms with Crippen molar-refractivity contribution in [2.24, 2.45) is 0 Å². The fraction of sp³-hybridized carbons (Fsp3) is 0.192. The zero-order valence-electron chi connectivity index (χ0n) is 17.9. The van der Waals surface area contributed by atoms with Gasteiger partial charge in [-0.2, -0.15) is 0 Å². The van der Waals surface area contributed by atoms with Crippen LogP contribution >= 0.6 is 0 Å². The maximum atomic E-state index is 14.5. The number of carbonyl (C=O) groups excluding carboxylic acids is 1. The van der Waals surface area contributed by atoms with Crippen LogP contribution in [-0.4, -0.2) is 20.0 Å². The Morgan fingerprint density at radius 2 is 1.58 bits per heavy atom. The topological polar surface area (TPSA) is 35.5 Å². The second-order valence-corrected chi connectivity index (χ2v) is 7.70. The minimum Gasteiger partial charge on any atom is -0.493 e. The number of hydrogen-bond acceptors (Lipinski definition) is 3. The first kappa shape index (κ1) is 22.6. The summed E-state index contributed by atoms with van der Waals surface area (Å²) in [7, 11) is 2.92. The van der Waals surface area contributed by atoms with Crippen molar-refractivity contribution < 1.29 is 31.8 Å². The predicted octanol–water partition coefficient (Wildman–Crippen LogP) is 6.34. The Kier molecular flexibility index (Phi) is 6.22. The van der Waals surface area contributed by atoms with E-state index in [0.717, 1.165) is 11.6 Å². The van der Waals surface area contributed by atoms with Crippen LogP contribution in [0.1, 0.15) is 39.7 Å². The van der Waals surface area contributed by atoms with E-state index in [1.165, 1.54) is 26.4 Å². The number of methoxy groups -OCH3 is 2. The summed E-state index contributed by atoms with van der Waals surface area (Å²) in [5, 5.41) is 0. The molecule has 0 amide bonds. The summed E-state index contributed by atoms with van der Waals surface area (Å²) < 4.78 is 67.1. The normalized spacial score (nSPS) is 17.6. The van der Waals surface area contributed by atoms with Crippen molar-refractivity contribution in [1.82, 2.24) is 0 Å². The van der Waals surface area contributed by atoms with Crippen molar-refractivity contribution in [2.75, 3.05) is 14.2 Å². The van der Waals surface area contributed by atoms with Gasteiger partial charge in [-0.1, -0.05) is 30.3 Å². The third-order valence-electron chi connectivity index (χ3n) is 5.89. The molecule has 170 valence electrons. The summed E-state index contributed by atoms with van der Waals surface area (Å²) in [6.07, 6.45) is 1.96. The molecule has 0 aromatic heterocycles. The lowest BCUT2D eigenvalue weighted by Crippen LogP contribution is -2.14. The van der Waals surface area contributed by atoms with Gasteiger partial charge in [0.1, 0.15) is 11.6 Å². The van der Waals surface area contributed by atoms with Gasteiger partial charge in [0.15, 0.2) is 28.9 Å². The first-order chi connectivity index (χ1) is 15.8. The summed E-state index contributed by atoms with van der Waals surface area (Å²) in [6.45, 7) is 0. The largest absolute Gasteiger partial charge is 0.493 e. The van der Waals surface area contributed by atoms with E-state index < -0.39 is 40.5 Å². The van der Waals surface area contributed by atoms with Gasteiger partial charge in [-0.05, 0) is 42.3 Å². The highest BCUT2D eigenvalue weighted by molar-refractivity contribution is 6.10. The van der Waals surface area contributed by atoms with E-state index in [9.17, 15) is 22.4 Å². The monoisotopic (exact) mass is 456 g/mol. The first-order valence-corrected chi connectivity index (χ1v) is 10.2. The second-order valence-electron chi connectivity index (χ2n) is 7.70. The van der Waals surface area contributed by atoms with Crippen LogP contribution in [0, 0.1) is 23.3 Å². The van der Waals surface area contributed by atoms with Crippen LogP contribution in [0.2, 0.25) is 0 Å². The Morgan fingerprint density at radius 1 is 0.879 bits per heavy atom. The molecule has 0 N–H and O–H groups in total. The molecule has 2 atom stereocenters. The molecule has 3 nitrogen and oxygen atoms in total. The number of benzene rings is 3. The number of ketones is 1. The number of halogens is 4. The van der Waals surface area contributed by atoms with Crippen molar-refractivity contribution in [1.29, 1.82) is 0 Å². The fourth-order valence-electron chi connectivity index (χ4n) is 4.32. The summed E-state index contributed by atoms with van der Waals surface area (Å²) in [6, 6.07) is 12.3. The summed E-state index contributed by atoms with van der Waals surface area (Å²) in [4.78, 5) is 13.4. The molecule has 0 fully saturated rings. The fourth-order valence-corrected chi connectivity index (χ4v) is 4.32. The molecule has 1 aliphatic rings. The van der Waals surface area contributed by atoms with Gasteiger partial charge in [-0.15, -0.1) is 0 Å². The zero-order chi connectivity index (χ0) is 23.7. The molecule has 0 radical (unpaired) electrons. The van der Waals surface area contributed by atoms with Crippen molar-refractivity contribution in [3.63, 3.8) is 0 Å². The van der Waals surface area contributed by atoms with E-state index in [-0.39, 0.29) is 11.5 Å². The molecule has 0 bridgehead atoms. The molecule has 0 saturated heterocycles. The molecule has 7 heteroatoms. The molecule has 33 heavy (non-hydrogen) atoms. The Hall–Kier alpha value is -3.61. The average molecular weight is 456 g/mol. The molecule has 0 aliphatic heterocycles. The van der Waals surface area contributed by atoms with Crippen LogP contribution in [0.5, 0.6) is 11.5 Å². The molecule has 1 aliphatic carbocycles. The van der Waals surface area contributed by atoms with Crippen LogP contribution in [0.3, 0.4) is 0 Å². The van der Waals surface area contributed by atoms with Gasteiger partial charge in [-0.25, -0.2) is 17.6 Å². The highest BCUT2D eigenvalue weighted by Gasteiger charge is 2.37. The summed E-state index contributed by atoms with van der Waals surface area (Å²) >= 11 is 0. The van der Waals surface area contributed by atoms with Crippen molar-refractivity contribution in [3.8, 4) is 11.5 Å². The summed E-state index contributed by atoms with van der Waals surface area (Å²) in [5.41, 5.74) is 0.455. The number of Topliss-reactive ketones (excluding diaryl/α,β-unsaturated/α-hetero) is 1. The summed E-state index contributed by atoms with van der Waals surface area (Å²) in [5.74, 6) is -5.53. The van der Waals surface area contributed by atoms with E-state index >= 15 is 0 Å². The second kappa shape index (κ2) is 9.10. The number of rotatable bonds is 6. The Morgan fingerprint density at radius 3 is 2.24 bits per heavy atom. The molecule has 3 aromatic rings. The molecular formula is C26H20F4O3.